The number of aromatic nitrogens is 1. The molecule has 1 aromatic rings. The van der Waals surface area contributed by atoms with Gasteiger partial charge in [0, 0.05) is 16.4 Å². The summed E-state index contributed by atoms with van der Waals surface area (Å²) in [6.45, 7) is 2.29. The third-order valence-electron chi connectivity index (χ3n) is 6.90. The first-order valence-corrected chi connectivity index (χ1v) is 11.2. The van der Waals surface area contributed by atoms with Crippen LogP contribution in [0.1, 0.15) is 19.3 Å². The van der Waals surface area contributed by atoms with Crippen molar-refractivity contribution in [1.82, 2.24) is 15.2 Å². The normalized spacial score (nSPS) is 27.6. The zero-order chi connectivity index (χ0) is 20.8. The topological polar surface area (TPSA) is 55.8 Å². The fraction of sp³-hybridized carbons (Fsp3) is 0.308. The van der Waals surface area contributed by atoms with Gasteiger partial charge in [-0.25, -0.2) is 9.98 Å². The Bertz CT molecular complexity index is 1250. The second-order valence-electron chi connectivity index (χ2n) is 9.14. The molecule has 6 rings (SSSR count). The van der Waals surface area contributed by atoms with Crippen LogP contribution in [0.15, 0.2) is 81.7 Å². The number of aliphatic imine (C=N–C) groups is 2. The summed E-state index contributed by atoms with van der Waals surface area (Å²) >= 11 is 0. The maximum atomic E-state index is 4.92. The standard InChI is InChI=1S/C26H27N5/c1-31-12-9-18(10-13-31)26-11-8-24(30-26)16-23-5-4-20(28-23)14-19-2-3-21(27-19)15-22-6-7-25(17-26)29-22/h2-8,14-18,27,30H,9-13H2,1H3. The summed E-state index contributed by atoms with van der Waals surface area (Å²) in [5.74, 6) is 0.580. The summed E-state index contributed by atoms with van der Waals surface area (Å²) in [7, 11) is 2.22. The predicted molar refractivity (Wildman–Crippen MR) is 127 cm³/mol. The Morgan fingerprint density at radius 2 is 1.58 bits per heavy atom. The van der Waals surface area contributed by atoms with E-state index in [9.17, 15) is 0 Å². The molecule has 5 nitrogen and oxygen atoms in total. The van der Waals surface area contributed by atoms with Crippen LogP contribution in [0.4, 0.5) is 0 Å². The van der Waals surface area contributed by atoms with Crippen LogP contribution in [0.2, 0.25) is 0 Å². The third-order valence-corrected chi connectivity index (χ3v) is 6.90. The van der Waals surface area contributed by atoms with Crippen LogP contribution in [0.5, 0.6) is 0 Å². The Morgan fingerprint density at radius 1 is 0.903 bits per heavy atom. The van der Waals surface area contributed by atoms with Gasteiger partial charge >= 0.3 is 0 Å². The van der Waals surface area contributed by atoms with Gasteiger partial charge in [0.05, 0.1) is 28.4 Å². The Labute approximate surface area is 182 Å². The molecule has 1 saturated heterocycles. The Balaban J connectivity index is 1.46. The van der Waals surface area contributed by atoms with Gasteiger partial charge in [0.25, 0.3) is 0 Å². The van der Waals surface area contributed by atoms with E-state index in [1.54, 1.807) is 0 Å². The molecule has 2 N–H and O–H groups in total. The summed E-state index contributed by atoms with van der Waals surface area (Å²) in [6, 6.07) is 4.17. The van der Waals surface area contributed by atoms with Crippen molar-refractivity contribution in [2.24, 2.45) is 15.9 Å². The van der Waals surface area contributed by atoms with Crippen LogP contribution in [-0.2, 0) is 0 Å². The van der Waals surface area contributed by atoms with Gasteiger partial charge in [-0.3, -0.25) is 0 Å². The highest BCUT2D eigenvalue weighted by Crippen LogP contribution is 2.38. The lowest BCUT2D eigenvalue weighted by atomic mass is 9.76. The molecule has 8 bridgehead atoms. The molecule has 0 spiro atoms. The molecule has 1 fully saturated rings. The van der Waals surface area contributed by atoms with Gasteiger partial charge in [0.1, 0.15) is 0 Å². The van der Waals surface area contributed by atoms with Crippen LogP contribution in [0, 0.1) is 5.92 Å². The maximum Gasteiger partial charge on any atom is 0.0658 e. The molecule has 5 heteroatoms. The number of nitrogens with zero attached hydrogens (tertiary/aromatic N) is 3. The van der Waals surface area contributed by atoms with E-state index >= 15 is 0 Å². The number of fused-ring (bicyclic) bond motifs is 6. The van der Waals surface area contributed by atoms with Crippen LogP contribution in [0.3, 0.4) is 0 Å². The zero-order valence-corrected chi connectivity index (χ0v) is 17.8. The van der Waals surface area contributed by atoms with Gasteiger partial charge in [-0.2, -0.15) is 0 Å². The minimum Gasteiger partial charge on any atom is -0.376 e. The van der Waals surface area contributed by atoms with Crippen molar-refractivity contribution in [3.8, 4) is 0 Å². The van der Waals surface area contributed by atoms with Crippen molar-refractivity contribution in [3.63, 3.8) is 0 Å². The van der Waals surface area contributed by atoms with E-state index in [1.807, 2.05) is 0 Å². The number of hydrogen-bond donors (Lipinski definition) is 2. The molecule has 156 valence electrons. The van der Waals surface area contributed by atoms with Gasteiger partial charge < -0.3 is 15.2 Å². The molecule has 0 saturated carbocycles. The molecule has 0 radical (unpaired) electrons. The quantitative estimate of drug-likeness (QED) is 0.748. The van der Waals surface area contributed by atoms with Crippen molar-refractivity contribution in [3.05, 3.63) is 82.5 Å². The number of rotatable bonds is 1. The van der Waals surface area contributed by atoms with Gasteiger partial charge in [0.2, 0.25) is 0 Å². The zero-order valence-electron chi connectivity index (χ0n) is 17.8. The van der Waals surface area contributed by atoms with E-state index in [0.717, 1.165) is 58.7 Å². The number of allylic oxidation sites excluding steroid dienone is 5. The van der Waals surface area contributed by atoms with Gasteiger partial charge in [-0.1, -0.05) is 6.08 Å². The summed E-state index contributed by atoms with van der Waals surface area (Å²) in [6.07, 6.45) is 22.9. The summed E-state index contributed by atoms with van der Waals surface area (Å²) in [5, 5.41) is 5.99. The first-order chi connectivity index (χ1) is 15.1. The van der Waals surface area contributed by atoms with Crippen molar-refractivity contribution in [2.75, 3.05) is 20.1 Å². The van der Waals surface area contributed by atoms with Gasteiger partial charge in [0.15, 0.2) is 0 Å². The molecule has 5 aliphatic rings. The first-order valence-electron chi connectivity index (χ1n) is 11.2. The molecule has 31 heavy (non-hydrogen) atoms. The van der Waals surface area contributed by atoms with Crippen LogP contribution in [-0.4, -0.2) is 47.0 Å². The number of aromatic amines is 1. The highest BCUT2D eigenvalue weighted by Gasteiger charge is 2.41. The number of H-pyrrole nitrogens is 1. The minimum absolute atomic E-state index is 0.0933. The number of likely N-dealkylation sites (tertiary alicyclic amines) is 1. The highest BCUT2D eigenvalue weighted by atomic mass is 15.1. The van der Waals surface area contributed by atoms with Crippen LogP contribution in [0.25, 0.3) is 12.2 Å². The lowest BCUT2D eigenvalue weighted by Gasteiger charge is -2.41. The molecular formula is C26H27N5. The number of hydrogen-bond acceptors (Lipinski definition) is 4. The van der Waals surface area contributed by atoms with Gasteiger partial charge in [-0.15, -0.1) is 0 Å². The van der Waals surface area contributed by atoms with Crippen molar-refractivity contribution in [2.45, 2.75) is 24.8 Å². The summed E-state index contributed by atoms with van der Waals surface area (Å²) < 4.78 is 0. The van der Waals surface area contributed by atoms with E-state index in [1.165, 1.54) is 12.8 Å². The average molecular weight is 410 g/mol. The molecule has 0 aromatic carbocycles. The smallest absolute Gasteiger partial charge is 0.0658 e. The Morgan fingerprint density at radius 3 is 2.32 bits per heavy atom. The monoisotopic (exact) mass is 409 g/mol. The van der Waals surface area contributed by atoms with Crippen molar-refractivity contribution in [1.29, 1.82) is 0 Å². The molecular weight excluding hydrogens is 382 g/mol. The van der Waals surface area contributed by atoms with E-state index in [-0.39, 0.29) is 5.54 Å². The predicted octanol–water partition coefficient (Wildman–Crippen LogP) is 2.34. The number of nitrogens with one attached hydrogen (secondary N) is 2. The Hall–Kier alpha value is -3.18. The fourth-order valence-electron chi connectivity index (χ4n) is 5.20. The second kappa shape index (κ2) is 7.20. The average Bonchev–Trinajstić information content (AvgIpc) is 3.54. The summed E-state index contributed by atoms with van der Waals surface area (Å²) in [5.41, 5.74) is 5.05. The van der Waals surface area contributed by atoms with Crippen molar-refractivity contribution < 1.29 is 0 Å². The first kappa shape index (κ1) is 18.6. The SMILES string of the molecule is CN1CCC(C23C=C4C=CC(=N4)C=c4ccc([nH]4)=CC4=NC(=CC(=CC2)N3)C=C4)CC1. The lowest BCUT2D eigenvalue weighted by Crippen LogP contribution is -2.49. The third kappa shape index (κ3) is 3.59. The molecule has 1 aromatic heterocycles. The van der Waals surface area contributed by atoms with E-state index < -0.39 is 0 Å². The largest absolute Gasteiger partial charge is 0.376 e. The maximum absolute atomic E-state index is 4.92. The lowest BCUT2D eigenvalue weighted by molar-refractivity contribution is 0.161. The molecule has 0 amide bonds. The van der Waals surface area contributed by atoms with Crippen molar-refractivity contribution >= 4 is 23.6 Å². The fourth-order valence-corrected chi connectivity index (χ4v) is 5.20. The second-order valence-corrected chi connectivity index (χ2v) is 9.14. The van der Waals surface area contributed by atoms with Crippen LogP contribution < -0.4 is 16.0 Å². The molecule has 0 aliphatic carbocycles. The highest BCUT2D eigenvalue weighted by molar-refractivity contribution is 6.20. The molecule has 1 atom stereocenters. The summed E-state index contributed by atoms with van der Waals surface area (Å²) in [4.78, 5) is 15.6. The molecule has 5 aliphatic heterocycles. The molecule has 6 heterocycles. The van der Waals surface area contributed by atoms with E-state index in [4.69, 9.17) is 9.98 Å². The van der Waals surface area contributed by atoms with E-state index in [0.29, 0.717) is 5.92 Å². The Kier molecular flexibility index (Phi) is 4.32. The van der Waals surface area contributed by atoms with Crippen LogP contribution >= 0.6 is 0 Å². The number of piperidine rings is 1. The van der Waals surface area contributed by atoms with E-state index in [2.05, 4.69) is 89.1 Å². The molecule has 1 unspecified atom stereocenters. The van der Waals surface area contributed by atoms with Gasteiger partial charge in [-0.05, 0) is 106 Å². The minimum atomic E-state index is -0.0933.